The van der Waals surface area contributed by atoms with Gasteiger partial charge in [-0.25, -0.2) is 9.97 Å². The lowest BCUT2D eigenvalue weighted by molar-refractivity contribution is -0.138. The third-order valence-corrected chi connectivity index (χ3v) is 8.78. The van der Waals surface area contributed by atoms with Crippen LogP contribution < -0.4 is 19.9 Å². The van der Waals surface area contributed by atoms with Gasteiger partial charge in [0.2, 0.25) is 0 Å². The largest absolute Gasteiger partial charge is 0.493 e. The summed E-state index contributed by atoms with van der Waals surface area (Å²) in [5, 5.41) is 3.49. The van der Waals surface area contributed by atoms with Crippen molar-refractivity contribution in [1.82, 2.24) is 14.9 Å². The van der Waals surface area contributed by atoms with Crippen molar-refractivity contribution in [3.05, 3.63) is 94.3 Å². The molecule has 0 unspecified atom stereocenters. The first-order valence-corrected chi connectivity index (χ1v) is 15.2. The Balaban J connectivity index is 1.05. The van der Waals surface area contributed by atoms with Crippen LogP contribution in [0.5, 0.6) is 5.75 Å². The molecular weight excluding hydrogens is 605 g/mol. The fraction of sp³-hybridized carbons (Fsp3) is 0.303. The van der Waals surface area contributed by atoms with Crippen LogP contribution in [-0.2, 0) is 19.1 Å². The highest BCUT2D eigenvalue weighted by molar-refractivity contribution is 6.30. The minimum absolute atomic E-state index is 0.0308. The molecule has 3 aliphatic rings. The van der Waals surface area contributed by atoms with Crippen molar-refractivity contribution in [1.29, 1.82) is 0 Å². The average Bonchev–Trinajstić information content (AvgIpc) is 3.54. The molecule has 3 aliphatic heterocycles. The van der Waals surface area contributed by atoms with Gasteiger partial charge in [0, 0.05) is 86.3 Å². The van der Waals surface area contributed by atoms with Gasteiger partial charge in [-0.15, -0.1) is 0 Å². The van der Waals surface area contributed by atoms with Gasteiger partial charge in [0.05, 0.1) is 17.9 Å². The van der Waals surface area contributed by atoms with Crippen LogP contribution in [0.3, 0.4) is 0 Å². The monoisotopic (exact) mass is 634 g/mol. The maximum Gasteiger partial charge on any atom is 0.416 e. The molecule has 12 heteroatoms. The minimum Gasteiger partial charge on any atom is -0.493 e. The maximum absolute atomic E-state index is 13.7. The molecule has 2 aromatic carbocycles. The second-order valence-corrected chi connectivity index (χ2v) is 11.7. The van der Waals surface area contributed by atoms with Crippen LogP contribution in [0.2, 0.25) is 5.02 Å². The molecule has 5 heterocycles. The summed E-state index contributed by atoms with van der Waals surface area (Å²) in [5.74, 6) is 2.42. The quantitative estimate of drug-likeness (QED) is 0.283. The van der Waals surface area contributed by atoms with E-state index in [4.69, 9.17) is 16.3 Å². The van der Waals surface area contributed by atoms with Crippen molar-refractivity contribution >= 4 is 34.8 Å². The Bertz CT molecular complexity index is 1740. The van der Waals surface area contributed by atoms with Gasteiger partial charge >= 0.3 is 6.18 Å². The predicted molar refractivity (Wildman–Crippen MR) is 167 cm³/mol. The van der Waals surface area contributed by atoms with Crippen LogP contribution in [0.1, 0.15) is 27.0 Å². The van der Waals surface area contributed by atoms with Crippen molar-refractivity contribution in [2.45, 2.75) is 19.1 Å². The lowest BCUT2D eigenvalue weighted by Crippen LogP contribution is -2.49. The van der Waals surface area contributed by atoms with E-state index in [1.165, 1.54) is 12.1 Å². The normalized spacial score (nSPS) is 16.1. The van der Waals surface area contributed by atoms with Gasteiger partial charge in [-0.3, -0.25) is 4.79 Å². The maximum atomic E-state index is 13.7. The highest BCUT2D eigenvalue weighted by atomic mass is 35.5. The lowest BCUT2D eigenvalue weighted by Gasteiger charge is -2.36. The predicted octanol–water partition coefficient (Wildman–Crippen LogP) is 6.15. The summed E-state index contributed by atoms with van der Waals surface area (Å²) in [6.45, 7) is 4.32. The average molecular weight is 635 g/mol. The van der Waals surface area contributed by atoms with E-state index in [9.17, 15) is 18.0 Å². The molecule has 0 spiro atoms. The molecule has 0 bridgehead atoms. The molecular formula is C33H30ClF3N6O2. The van der Waals surface area contributed by atoms with Crippen LogP contribution in [-0.4, -0.2) is 66.7 Å². The van der Waals surface area contributed by atoms with Crippen LogP contribution in [0.15, 0.2) is 67.0 Å². The first kappa shape index (κ1) is 29.2. The zero-order valence-electron chi connectivity index (χ0n) is 24.3. The number of piperazine rings is 1. The van der Waals surface area contributed by atoms with Crippen molar-refractivity contribution in [3.8, 4) is 16.9 Å². The first-order chi connectivity index (χ1) is 21.7. The molecule has 0 aliphatic carbocycles. The van der Waals surface area contributed by atoms with E-state index in [1.54, 1.807) is 12.4 Å². The summed E-state index contributed by atoms with van der Waals surface area (Å²) < 4.78 is 46.9. The molecule has 2 aromatic heterocycles. The summed E-state index contributed by atoms with van der Waals surface area (Å²) in [4.78, 5) is 28.5. The zero-order valence-corrected chi connectivity index (χ0v) is 25.0. The number of aromatic nitrogens is 2. The number of rotatable bonds is 5. The molecule has 0 atom stereocenters. The van der Waals surface area contributed by atoms with E-state index in [0.29, 0.717) is 62.9 Å². The Morgan fingerprint density at radius 3 is 2.53 bits per heavy atom. The summed E-state index contributed by atoms with van der Waals surface area (Å²) in [7, 11) is 0. The molecule has 232 valence electrons. The molecule has 0 saturated carbocycles. The van der Waals surface area contributed by atoms with Gasteiger partial charge in [0.15, 0.2) is 0 Å². The number of halogens is 4. The summed E-state index contributed by atoms with van der Waals surface area (Å²) in [5.41, 5.74) is 3.48. The number of hydrogen-bond acceptors (Lipinski definition) is 7. The number of pyridine rings is 2. The van der Waals surface area contributed by atoms with E-state index in [1.807, 2.05) is 46.2 Å². The Kier molecular flexibility index (Phi) is 7.64. The standard InChI is InChI=1S/C33H30ClF3N6O2/c34-25-5-6-27(33(35,36)37)24(17-25)20-43-11-10-38-30-28(43)18-23(19-40-30)21-1-3-22(4-2-21)32(44)42-14-12-41(13-15-42)31-26-8-16-45-29(26)7-9-39-31/h1-7,9,17-19H,8,10-16,20H2,(H,38,40). The SMILES string of the molecule is O=C(c1ccc(-c2cnc3c(c2)N(Cc2cc(Cl)ccc2C(F)(F)F)CCN3)cc1)N1CCN(c2nccc3c2CCO3)CC1. The third kappa shape index (κ3) is 5.84. The van der Waals surface area contributed by atoms with Gasteiger partial charge in [0.1, 0.15) is 17.4 Å². The number of nitrogens with zero attached hydrogens (tertiary/aromatic N) is 5. The minimum atomic E-state index is -4.49. The second kappa shape index (κ2) is 11.8. The topological polar surface area (TPSA) is 73.8 Å². The van der Waals surface area contributed by atoms with Gasteiger partial charge < -0.3 is 24.8 Å². The van der Waals surface area contributed by atoms with Crippen molar-refractivity contribution in [2.24, 2.45) is 0 Å². The number of benzene rings is 2. The number of anilines is 3. The number of carbonyl (C=O) groups is 1. The second-order valence-electron chi connectivity index (χ2n) is 11.3. The number of amides is 1. The van der Waals surface area contributed by atoms with Gasteiger partial charge in [-0.2, -0.15) is 13.2 Å². The number of alkyl halides is 3. The fourth-order valence-electron chi connectivity index (χ4n) is 6.24. The summed E-state index contributed by atoms with van der Waals surface area (Å²) in [6.07, 6.45) is -0.143. The number of fused-ring (bicyclic) bond motifs is 2. The van der Waals surface area contributed by atoms with Crippen molar-refractivity contribution in [3.63, 3.8) is 0 Å². The zero-order chi connectivity index (χ0) is 31.1. The van der Waals surface area contributed by atoms with Gasteiger partial charge in [0.25, 0.3) is 5.91 Å². The molecule has 0 radical (unpaired) electrons. The molecule has 8 nitrogen and oxygen atoms in total. The highest BCUT2D eigenvalue weighted by Gasteiger charge is 2.34. The molecule has 1 N–H and O–H groups in total. The van der Waals surface area contributed by atoms with Crippen LogP contribution in [0.4, 0.5) is 30.5 Å². The number of hydrogen-bond donors (Lipinski definition) is 1. The molecule has 7 rings (SSSR count). The van der Waals surface area contributed by atoms with E-state index in [2.05, 4.69) is 20.2 Å². The van der Waals surface area contributed by atoms with Crippen molar-refractivity contribution < 1.29 is 22.7 Å². The van der Waals surface area contributed by atoms with E-state index < -0.39 is 11.7 Å². The Morgan fingerprint density at radius 2 is 1.76 bits per heavy atom. The van der Waals surface area contributed by atoms with Gasteiger partial charge in [-0.05, 0) is 53.6 Å². The molecule has 1 fully saturated rings. The molecule has 1 saturated heterocycles. The van der Waals surface area contributed by atoms with E-state index in [-0.39, 0.29) is 23.0 Å². The fourth-order valence-corrected chi connectivity index (χ4v) is 6.43. The van der Waals surface area contributed by atoms with E-state index >= 15 is 0 Å². The summed E-state index contributed by atoms with van der Waals surface area (Å²) >= 11 is 6.08. The third-order valence-electron chi connectivity index (χ3n) is 8.55. The number of nitrogens with one attached hydrogen (secondary N) is 1. The Morgan fingerprint density at radius 1 is 0.956 bits per heavy atom. The first-order valence-electron chi connectivity index (χ1n) is 14.8. The van der Waals surface area contributed by atoms with Crippen LogP contribution in [0, 0.1) is 0 Å². The lowest BCUT2D eigenvalue weighted by atomic mass is 10.0. The summed E-state index contributed by atoms with van der Waals surface area (Å²) in [6, 6.07) is 14.9. The number of ether oxygens (including phenoxy) is 1. The van der Waals surface area contributed by atoms with Crippen LogP contribution in [0.25, 0.3) is 11.1 Å². The Labute approximate surface area is 263 Å². The molecule has 1 amide bonds. The Hall–Kier alpha value is -4.51. The van der Waals surface area contributed by atoms with E-state index in [0.717, 1.165) is 40.7 Å². The highest BCUT2D eigenvalue weighted by Crippen LogP contribution is 2.37. The van der Waals surface area contributed by atoms with Crippen LogP contribution >= 0.6 is 11.6 Å². The van der Waals surface area contributed by atoms with Gasteiger partial charge in [-0.1, -0.05) is 23.7 Å². The van der Waals surface area contributed by atoms with Crippen molar-refractivity contribution in [2.75, 3.05) is 61.0 Å². The smallest absolute Gasteiger partial charge is 0.416 e. The number of carbonyl (C=O) groups excluding carboxylic acids is 1. The molecule has 4 aromatic rings. The molecule has 45 heavy (non-hydrogen) atoms.